The van der Waals surface area contributed by atoms with Gasteiger partial charge in [0.1, 0.15) is 0 Å². The van der Waals surface area contributed by atoms with E-state index < -0.39 is 0 Å². The van der Waals surface area contributed by atoms with Crippen molar-refractivity contribution in [1.29, 1.82) is 0 Å². The van der Waals surface area contributed by atoms with E-state index in [4.69, 9.17) is 0 Å². The first-order valence-corrected chi connectivity index (χ1v) is 8.27. The van der Waals surface area contributed by atoms with Crippen LogP contribution in [0.25, 0.3) is 0 Å². The van der Waals surface area contributed by atoms with E-state index in [1.807, 2.05) is 7.05 Å². The van der Waals surface area contributed by atoms with Crippen molar-refractivity contribution >= 4 is 29.9 Å². The summed E-state index contributed by atoms with van der Waals surface area (Å²) in [6, 6.07) is 9.54. The molecule has 1 aliphatic rings. The van der Waals surface area contributed by atoms with Gasteiger partial charge in [-0.25, -0.2) is 0 Å². The van der Waals surface area contributed by atoms with Gasteiger partial charge in [-0.2, -0.15) is 0 Å². The summed E-state index contributed by atoms with van der Waals surface area (Å²) < 4.78 is 0. The molecule has 0 spiro atoms. The number of aryl methyl sites for hydroxylation is 1. The third-order valence-electron chi connectivity index (χ3n) is 4.62. The third kappa shape index (κ3) is 5.64. The van der Waals surface area contributed by atoms with Crippen molar-refractivity contribution in [3.63, 3.8) is 0 Å². The molecule has 1 aromatic rings. The fourth-order valence-electron chi connectivity index (χ4n) is 2.97. The van der Waals surface area contributed by atoms with Gasteiger partial charge in [-0.15, -0.1) is 24.0 Å². The summed E-state index contributed by atoms with van der Waals surface area (Å²) in [4.78, 5) is 6.90. The first-order chi connectivity index (χ1) is 10.5. The standard InChI is InChI=1S/C18H30N4.HI/c1-13(2)22-11-15(4)17(12-22)21-18(19-5)20-10-16-9-7-6-8-14(16)3;/h6-9,13,15,17H,10-12H2,1-5H3,(H2,19,20,21);1H. The van der Waals surface area contributed by atoms with E-state index in [0.717, 1.165) is 25.6 Å². The minimum absolute atomic E-state index is 0. The fraction of sp³-hybridized carbons (Fsp3) is 0.611. The van der Waals surface area contributed by atoms with Crippen molar-refractivity contribution in [2.24, 2.45) is 10.9 Å². The molecule has 2 rings (SSSR count). The summed E-state index contributed by atoms with van der Waals surface area (Å²) in [7, 11) is 1.84. The molecule has 5 heteroatoms. The lowest BCUT2D eigenvalue weighted by Gasteiger charge is -2.22. The topological polar surface area (TPSA) is 39.7 Å². The van der Waals surface area contributed by atoms with E-state index in [1.165, 1.54) is 11.1 Å². The Morgan fingerprint density at radius 2 is 2.00 bits per heavy atom. The Balaban J connectivity index is 0.00000264. The quantitative estimate of drug-likeness (QED) is 0.438. The number of guanidine groups is 1. The largest absolute Gasteiger partial charge is 0.352 e. The van der Waals surface area contributed by atoms with Crippen LogP contribution < -0.4 is 10.6 Å². The molecule has 0 amide bonds. The molecule has 1 aliphatic heterocycles. The summed E-state index contributed by atoms with van der Waals surface area (Å²) in [5, 5.41) is 7.03. The number of nitrogens with one attached hydrogen (secondary N) is 2. The van der Waals surface area contributed by atoms with Crippen molar-refractivity contribution in [1.82, 2.24) is 15.5 Å². The molecule has 1 heterocycles. The zero-order chi connectivity index (χ0) is 16.1. The molecule has 2 unspecified atom stereocenters. The maximum absolute atomic E-state index is 4.38. The highest BCUT2D eigenvalue weighted by Crippen LogP contribution is 2.18. The summed E-state index contributed by atoms with van der Waals surface area (Å²) in [6.45, 7) is 12.0. The van der Waals surface area contributed by atoms with E-state index in [9.17, 15) is 0 Å². The van der Waals surface area contributed by atoms with Crippen LogP contribution in [0.4, 0.5) is 0 Å². The van der Waals surface area contributed by atoms with Gasteiger partial charge in [0.05, 0.1) is 0 Å². The minimum Gasteiger partial charge on any atom is -0.352 e. The van der Waals surface area contributed by atoms with Crippen LogP contribution in [0.2, 0.25) is 0 Å². The highest BCUT2D eigenvalue weighted by atomic mass is 127. The third-order valence-corrected chi connectivity index (χ3v) is 4.62. The monoisotopic (exact) mass is 430 g/mol. The second kappa shape index (κ2) is 9.47. The fourth-order valence-corrected chi connectivity index (χ4v) is 2.97. The zero-order valence-corrected chi connectivity index (χ0v) is 17.3. The van der Waals surface area contributed by atoms with Crippen molar-refractivity contribution < 1.29 is 0 Å². The molecule has 0 aromatic heterocycles. The first-order valence-electron chi connectivity index (χ1n) is 8.27. The van der Waals surface area contributed by atoms with Crippen LogP contribution in [0.1, 0.15) is 31.9 Å². The van der Waals surface area contributed by atoms with Crippen LogP contribution in [0.15, 0.2) is 29.3 Å². The summed E-state index contributed by atoms with van der Waals surface area (Å²) in [6.07, 6.45) is 0. The Kier molecular flexibility index (Phi) is 8.33. The van der Waals surface area contributed by atoms with Gasteiger partial charge >= 0.3 is 0 Å². The SMILES string of the molecule is CN=C(NCc1ccccc1C)NC1CN(C(C)C)CC1C.I. The molecule has 1 saturated heterocycles. The van der Waals surface area contributed by atoms with Crippen molar-refractivity contribution in [2.75, 3.05) is 20.1 Å². The molecule has 0 bridgehead atoms. The molecule has 1 aromatic carbocycles. The van der Waals surface area contributed by atoms with E-state index in [0.29, 0.717) is 18.0 Å². The second-order valence-corrected chi connectivity index (χ2v) is 6.63. The van der Waals surface area contributed by atoms with E-state index in [1.54, 1.807) is 0 Å². The Hall–Kier alpha value is -0.820. The highest BCUT2D eigenvalue weighted by Gasteiger charge is 2.31. The number of benzene rings is 1. The molecular formula is C18H31IN4. The zero-order valence-electron chi connectivity index (χ0n) is 15.0. The lowest BCUT2D eigenvalue weighted by atomic mass is 10.1. The van der Waals surface area contributed by atoms with E-state index >= 15 is 0 Å². The van der Waals surface area contributed by atoms with Gasteiger partial charge in [-0.1, -0.05) is 31.2 Å². The molecular weight excluding hydrogens is 399 g/mol. The summed E-state index contributed by atoms with van der Waals surface area (Å²) in [5.74, 6) is 1.53. The maximum atomic E-state index is 4.38. The van der Waals surface area contributed by atoms with E-state index in [-0.39, 0.29) is 24.0 Å². The van der Waals surface area contributed by atoms with Crippen molar-refractivity contribution in [3.8, 4) is 0 Å². The summed E-state index contributed by atoms with van der Waals surface area (Å²) >= 11 is 0. The Morgan fingerprint density at radius 3 is 2.57 bits per heavy atom. The van der Waals surface area contributed by atoms with Gasteiger partial charge in [-0.05, 0) is 37.8 Å². The molecule has 1 fully saturated rings. The van der Waals surface area contributed by atoms with Crippen LogP contribution in [-0.4, -0.2) is 43.1 Å². The first kappa shape index (κ1) is 20.2. The van der Waals surface area contributed by atoms with Gasteiger partial charge in [0.2, 0.25) is 0 Å². The van der Waals surface area contributed by atoms with Gasteiger partial charge in [0.25, 0.3) is 0 Å². The summed E-state index contributed by atoms with van der Waals surface area (Å²) in [5.41, 5.74) is 2.62. The van der Waals surface area contributed by atoms with Crippen LogP contribution in [0.5, 0.6) is 0 Å². The second-order valence-electron chi connectivity index (χ2n) is 6.63. The van der Waals surface area contributed by atoms with Gasteiger partial charge in [0, 0.05) is 38.8 Å². The molecule has 130 valence electrons. The molecule has 23 heavy (non-hydrogen) atoms. The number of aliphatic imine (C=N–C) groups is 1. The predicted octanol–water partition coefficient (Wildman–Crippen LogP) is 3.01. The van der Waals surface area contributed by atoms with Crippen LogP contribution in [0, 0.1) is 12.8 Å². The molecule has 2 atom stereocenters. The van der Waals surface area contributed by atoms with Gasteiger partial charge < -0.3 is 10.6 Å². The minimum atomic E-state index is 0. The highest BCUT2D eigenvalue weighted by molar-refractivity contribution is 14.0. The van der Waals surface area contributed by atoms with Gasteiger partial charge in [-0.3, -0.25) is 9.89 Å². The lowest BCUT2D eigenvalue weighted by molar-refractivity contribution is 0.265. The smallest absolute Gasteiger partial charge is 0.191 e. The molecule has 0 radical (unpaired) electrons. The normalized spacial score (nSPS) is 22.1. The number of hydrogen-bond acceptors (Lipinski definition) is 2. The average Bonchev–Trinajstić information content (AvgIpc) is 2.86. The number of rotatable bonds is 4. The van der Waals surface area contributed by atoms with Crippen LogP contribution in [0.3, 0.4) is 0 Å². The number of nitrogens with zero attached hydrogens (tertiary/aromatic N) is 2. The number of halogens is 1. The predicted molar refractivity (Wildman–Crippen MR) is 110 cm³/mol. The average molecular weight is 430 g/mol. The molecule has 0 aliphatic carbocycles. The Labute approximate surface area is 158 Å². The van der Waals surface area contributed by atoms with Crippen molar-refractivity contribution in [2.45, 2.75) is 46.3 Å². The maximum Gasteiger partial charge on any atom is 0.191 e. The van der Waals surface area contributed by atoms with E-state index in [2.05, 4.69) is 72.5 Å². The Morgan fingerprint density at radius 1 is 1.30 bits per heavy atom. The molecule has 2 N–H and O–H groups in total. The van der Waals surface area contributed by atoms with Crippen molar-refractivity contribution in [3.05, 3.63) is 35.4 Å². The number of likely N-dealkylation sites (tertiary alicyclic amines) is 1. The molecule has 0 saturated carbocycles. The van der Waals surface area contributed by atoms with Crippen LogP contribution in [-0.2, 0) is 6.54 Å². The molecule has 4 nitrogen and oxygen atoms in total. The Bertz CT molecular complexity index is 515. The van der Waals surface area contributed by atoms with Crippen LogP contribution >= 0.6 is 24.0 Å². The lowest BCUT2D eigenvalue weighted by Crippen LogP contribution is -2.46. The van der Waals surface area contributed by atoms with Gasteiger partial charge in [0.15, 0.2) is 5.96 Å². The number of hydrogen-bond donors (Lipinski definition) is 2.